The van der Waals surface area contributed by atoms with Gasteiger partial charge in [0, 0.05) is 20.2 Å². The quantitative estimate of drug-likeness (QED) is 0.476. The maximum atomic E-state index is 6.04. The number of halogens is 4. The maximum absolute atomic E-state index is 6.04. The number of nitrogens with one attached hydrogen (secondary N) is 1. The lowest BCUT2D eigenvalue weighted by molar-refractivity contribution is 0.199. The molecule has 1 N–H and O–H groups in total. The summed E-state index contributed by atoms with van der Waals surface area (Å²) in [5.74, 6) is 1.31. The Morgan fingerprint density at radius 1 is 1.04 bits per heavy atom. The van der Waals surface area contributed by atoms with Crippen LogP contribution in [0.2, 0.25) is 10.0 Å². The van der Waals surface area contributed by atoms with Crippen molar-refractivity contribution in [2.45, 2.75) is 13.2 Å². The van der Waals surface area contributed by atoms with Crippen LogP contribution in [0.15, 0.2) is 34.8 Å². The van der Waals surface area contributed by atoms with Gasteiger partial charge in [-0.25, -0.2) is 0 Å². The first kappa shape index (κ1) is 23.3. The van der Waals surface area contributed by atoms with Crippen LogP contribution in [0, 0.1) is 0 Å². The normalized spacial score (nSPS) is 10.3. The highest BCUT2D eigenvalue weighted by Crippen LogP contribution is 2.37. The minimum Gasteiger partial charge on any atom is -0.493 e. The molecule has 0 saturated heterocycles. The first-order chi connectivity index (χ1) is 12.0. The zero-order valence-electron chi connectivity index (χ0n) is 14.5. The van der Waals surface area contributed by atoms with E-state index in [-0.39, 0.29) is 12.4 Å². The minimum absolute atomic E-state index is 0. The van der Waals surface area contributed by atoms with Crippen molar-refractivity contribution in [2.75, 3.05) is 27.4 Å². The fraction of sp³-hybridized carbons (Fsp3) is 0.333. The molecule has 0 atom stereocenters. The number of benzene rings is 2. The molecule has 0 aliphatic rings. The lowest BCUT2D eigenvalue weighted by Gasteiger charge is -2.15. The molecule has 0 aliphatic carbocycles. The maximum Gasteiger partial charge on any atom is 0.175 e. The van der Waals surface area contributed by atoms with E-state index in [0.717, 1.165) is 22.1 Å². The second-order valence-corrected chi connectivity index (χ2v) is 6.98. The van der Waals surface area contributed by atoms with E-state index in [9.17, 15) is 0 Å². The number of methoxy groups -OCH3 is 2. The van der Waals surface area contributed by atoms with E-state index >= 15 is 0 Å². The second-order valence-electron chi connectivity index (χ2n) is 5.32. The third-order valence-electron chi connectivity index (χ3n) is 3.47. The highest BCUT2D eigenvalue weighted by molar-refractivity contribution is 9.10. The predicted octanol–water partition coefficient (Wildman–Crippen LogP) is 5.50. The molecule has 4 nitrogen and oxygen atoms in total. The molecular formula is C18H21BrCl3NO3. The average Bonchev–Trinajstić information content (AvgIpc) is 2.60. The smallest absolute Gasteiger partial charge is 0.175 e. The Bertz CT molecular complexity index is 716. The molecule has 0 radical (unpaired) electrons. The Hall–Kier alpha value is -0.690. The molecule has 0 bridgehead atoms. The lowest BCUT2D eigenvalue weighted by atomic mass is 10.2. The van der Waals surface area contributed by atoms with Gasteiger partial charge in [0.05, 0.1) is 28.2 Å². The summed E-state index contributed by atoms with van der Waals surface area (Å²) in [6.07, 6.45) is 0. The van der Waals surface area contributed by atoms with E-state index in [1.807, 2.05) is 18.2 Å². The van der Waals surface area contributed by atoms with E-state index in [0.29, 0.717) is 41.3 Å². The third-order valence-corrected chi connectivity index (χ3v) is 4.80. The van der Waals surface area contributed by atoms with Gasteiger partial charge in [-0.15, -0.1) is 12.4 Å². The number of hydrogen-bond acceptors (Lipinski definition) is 4. The van der Waals surface area contributed by atoms with E-state index in [1.54, 1.807) is 26.4 Å². The fourth-order valence-electron chi connectivity index (χ4n) is 2.21. The van der Waals surface area contributed by atoms with Gasteiger partial charge in [0.2, 0.25) is 0 Å². The zero-order valence-corrected chi connectivity index (χ0v) is 18.4. The molecule has 0 spiro atoms. The van der Waals surface area contributed by atoms with Gasteiger partial charge in [-0.05, 0) is 51.3 Å². The van der Waals surface area contributed by atoms with E-state index in [1.165, 1.54) is 0 Å². The third kappa shape index (κ3) is 6.80. The van der Waals surface area contributed by atoms with Gasteiger partial charge in [0.15, 0.2) is 11.5 Å². The molecule has 2 aromatic carbocycles. The van der Waals surface area contributed by atoms with Crippen molar-refractivity contribution in [1.82, 2.24) is 5.32 Å². The summed E-state index contributed by atoms with van der Waals surface area (Å²) in [5.41, 5.74) is 2.01. The van der Waals surface area contributed by atoms with E-state index in [4.69, 9.17) is 37.4 Å². The largest absolute Gasteiger partial charge is 0.493 e. The van der Waals surface area contributed by atoms with Crippen LogP contribution in [-0.2, 0) is 17.9 Å². The summed E-state index contributed by atoms with van der Waals surface area (Å²) in [6.45, 7) is 2.53. The van der Waals surface area contributed by atoms with Crippen molar-refractivity contribution in [1.29, 1.82) is 0 Å². The van der Waals surface area contributed by atoms with Crippen molar-refractivity contribution in [3.8, 4) is 11.5 Å². The van der Waals surface area contributed by atoms with Gasteiger partial charge in [0.25, 0.3) is 0 Å². The van der Waals surface area contributed by atoms with Crippen LogP contribution in [0.1, 0.15) is 11.1 Å². The van der Waals surface area contributed by atoms with E-state index in [2.05, 4.69) is 21.2 Å². The number of rotatable bonds is 9. The monoisotopic (exact) mass is 483 g/mol. The lowest BCUT2D eigenvalue weighted by Crippen LogP contribution is -2.18. The Labute approximate surface area is 178 Å². The van der Waals surface area contributed by atoms with Crippen LogP contribution >= 0.6 is 51.5 Å². The van der Waals surface area contributed by atoms with E-state index < -0.39 is 0 Å². The van der Waals surface area contributed by atoms with Crippen molar-refractivity contribution >= 4 is 51.5 Å². The molecule has 8 heteroatoms. The minimum atomic E-state index is 0. The topological polar surface area (TPSA) is 39.7 Å². The van der Waals surface area contributed by atoms with Crippen LogP contribution in [-0.4, -0.2) is 27.4 Å². The second kappa shape index (κ2) is 11.9. The standard InChI is InChI=1S/C18H20BrCl2NO3.ClH/c1-23-6-5-22-10-13-7-14(19)18(17(9-13)24-2)25-11-12-3-4-15(20)16(21)8-12;/h3-4,7-9,22H,5-6,10-11H2,1-2H3;1H. The Morgan fingerprint density at radius 2 is 1.81 bits per heavy atom. The van der Waals surface area contributed by atoms with Crippen LogP contribution in [0.3, 0.4) is 0 Å². The molecule has 144 valence electrons. The van der Waals surface area contributed by atoms with Gasteiger partial charge in [-0.2, -0.15) is 0 Å². The van der Waals surface area contributed by atoms with Gasteiger partial charge in [0.1, 0.15) is 6.61 Å². The summed E-state index contributed by atoms with van der Waals surface area (Å²) < 4.78 is 17.2. The molecule has 2 aromatic rings. The summed E-state index contributed by atoms with van der Waals surface area (Å²) in [4.78, 5) is 0. The number of ether oxygens (including phenoxy) is 3. The van der Waals surface area contributed by atoms with Gasteiger partial charge in [-0.3, -0.25) is 0 Å². The predicted molar refractivity (Wildman–Crippen MR) is 112 cm³/mol. The molecular weight excluding hydrogens is 464 g/mol. The molecule has 0 fully saturated rings. The first-order valence-electron chi connectivity index (χ1n) is 7.68. The molecule has 0 saturated carbocycles. The molecule has 2 rings (SSSR count). The Balaban J connectivity index is 0.00000338. The summed E-state index contributed by atoms with van der Waals surface area (Å²) in [6, 6.07) is 9.38. The van der Waals surface area contributed by atoms with Crippen LogP contribution in [0.4, 0.5) is 0 Å². The molecule has 26 heavy (non-hydrogen) atoms. The van der Waals surface area contributed by atoms with Gasteiger partial charge >= 0.3 is 0 Å². The summed E-state index contributed by atoms with van der Waals surface area (Å²) in [5, 5.41) is 4.33. The van der Waals surface area contributed by atoms with Crippen LogP contribution in [0.5, 0.6) is 11.5 Å². The van der Waals surface area contributed by atoms with Crippen molar-refractivity contribution in [3.63, 3.8) is 0 Å². The summed E-state index contributed by atoms with van der Waals surface area (Å²) in [7, 11) is 3.30. The fourth-order valence-corrected chi connectivity index (χ4v) is 3.13. The average molecular weight is 486 g/mol. The Morgan fingerprint density at radius 3 is 2.46 bits per heavy atom. The van der Waals surface area contributed by atoms with Crippen LogP contribution < -0.4 is 14.8 Å². The van der Waals surface area contributed by atoms with Crippen molar-refractivity contribution in [2.24, 2.45) is 0 Å². The van der Waals surface area contributed by atoms with Crippen molar-refractivity contribution < 1.29 is 14.2 Å². The molecule has 0 amide bonds. The highest BCUT2D eigenvalue weighted by Gasteiger charge is 2.12. The molecule has 0 aromatic heterocycles. The van der Waals surface area contributed by atoms with Crippen LogP contribution in [0.25, 0.3) is 0 Å². The molecule has 0 heterocycles. The Kier molecular flexibility index (Phi) is 10.7. The first-order valence-corrected chi connectivity index (χ1v) is 9.22. The highest BCUT2D eigenvalue weighted by atomic mass is 79.9. The molecule has 0 unspecified atom stereocenters. The zero-order chi connectivity index (χ0) is 18.2. The van der Waals surface area contributed by atoms with Gasteiger partial charge in [-0.1, -0.05) is 29.3 Å². The summed E-state index contributed by atoms with van der Waals surface area (Å²) >= 11 is 15.5. The number of hydrogen-bond donors (Lipinski definition) is 1. The molecule has 0 aliphatic heterocycles. The van der Waals surface area contributed by atoms with Crippen molar-refractivity contribution in [3.05, 3.63) is 56.0 Å². The van der Waals surface area contributed by atoms with Gasteiger partial charge < -0.3 is 19.5 Å². The SMILES string of the molecule is COCCNCc1cc(Br)c(OCc2ccc(Cl)c(Cl)c2)c(OC)c1.Cl.